The van der Waals surface area contributed by atoms with Gasteiger partial charge in [0, 0.05) is 12.7 Å². The van der Waals surface area contributed by atoms with E-state index in [-0.39, 0.29) is 5.56 Å². The Morgan fingerprint density at radius 1 is 1.67 bits per heavy atom. The van der Waals surface area contributed by atoms with Crippen LogP contribution in [0.25, 0.3) is 0 Å². The minimum absolute atomic E-state index is 0.272. The SMILES string of the molecule is CSCCCNc1cnccc1C(=O)O. The van der Waals surface area contributed by atoms with Crippen molar-refractivity contribution in [1.29, 1.82) is 0 Å². The van der Waals surface area contributed by atoms with Crippen LogP contribution in [0.5, 0.6) is 0 Å². The summed E-state index contributed by atoms with van der Waals surface area (Å²) in [6.07, 6.45) is 6.08. The fraction of sp³-hybridized carbons (Fsp3) is 0.400. The molecule has 2 N–H and O–H groups in total. The molecule has 0 atom stereocenters. The lowest BCUT2D eigenvalue weighted by molar-refractivity contribution is 0.0698. The molecule has 0 aliphatic carbocycles. The molecule has 1 aromatic rings. The summed E-state index contributed by atoms with van der Waals surface area (Å²) in [5, 5.41) is 12.0. The number of aromatic carboxylic acids is 1. The Kier molecular flexibility index (Phi) is 4.97. The molecule has 0 saturated carbocycles. The molecule has 0 aliphatic rings. The van der Waals surface area contributed by atoms with Crippen LogP contribution < -0.4 is 5.32 Å². The van der Waals surface area contributed by atoms with Crippen molar-refractivity contribution in [2.45, 2.75) is 6.42 Å². The highest BCUT2D eigenvalue weighted by Gasteiger charge is 2.08. The second-order valence-electron chi connectivity index (χ2n) is 3.00. The predicted molar refractivity (Wildman–Crippen MR) is 62.7 cm³/mol. The Morgan fingerprint density at radius 2 is 2.47 bits per heavy atom. The van der Waals surface area contributed by atoms with E-state index >= 15 is 0 Å². The first kappa shape index (κ1) is 11.8. The minimum atomic E-state index is -0.926. The maximum Gasteiger partial charge on any atom is 0.337 e. The van der Waals surface area contributed by atoms with Crippen LogP contribution in [0.15, 0.2) is 18.5 Å². The van der Waals surface area contributed by atoms with Gasteiger partial charge < -0.3 is 10.4 Å². The number of hydrogen-bond donors (Lipinski definition) is 2. The zero-order valence-corrected chi connectivity index (χ0v) is 9.38. The zero-order valence-electron chi connectivity index (χ0n) is 8.56. The number of carbonyl (C=O) groups is 1. The number of carboxylic acid groups (broad SMARTS) is 1. The molecule has 82 valence electrons. The summed E-state index contributed by atoms with van der Waals surface area (Å²) >= 11 is 1.78. The average Bonchev–Trinajstić information content (AvgIpc) is 2.25. The molecule has 1 heterocycles. The number of pyridine rings is 1. The third kappa shape index (κ3) is 3.79. The molecule has 1 aromatic heterocycles. The van der Waals surface area contributed by atoms with Crippen molar-refractivity contribution in [2.24, 2.45) is 0 Å². The van der Waals surface area contributed by atoms with Crippen molar-refractivity contribution in [3.8, 4) is 0 Å². The van der Waals surface area contributed by atoms with E-state index in [1.54, 1.807) is 18.0 Å². The molecule has 0 saturated heterocycles. The van der Waals surface area contributed by atoms with Crippen LogP contribution in [0, 0.1) is 0 Å². The molecule has 0 spiro atoms. The number of carboxylic acids is 1. The van der Waals surface area contributed by atoms with Gasteiger partial charge in [0.25, 0.3) is 0 Å². The molecule has 0 aliphatic heterocycles. The smallest absolute Gasteiger partial charge is 0.337 e. The number of hydrogen-bond acceptors (Lipinski definition) is 4. The third-order valence-corrected chi connectivity index (χ3v) is 2.59. The summed E-state index contributed by atoms with van der Waals surface area (Å²) in [5.74, 6) is 0.139. The van der Waals surface area contributed by atoms with Crippen molar-refractivity contribution in [3.05, 3.63) is 24.0 Å². The highest BCUT2D eigenvalue weighted by atomic mass is 32.2. The third-order valence-electron chi connectivity index (χ3n) is 1.89. The number of anilines is 1. The van der Waals surface area contributed by atoms with Crippen molar-refractivity contribution in [2.75, 3.05) is 23.9 Å². The highest BCUT2D eigenvalue weighted by molar-refractivity contribution is 7.98. The largest absolute Gasteiger partial charge is 0.478 e. The van der Waals surface area contributed by atoms with Gasteiger partial charge >= 0.3 is 5.97 Å². The first-order valence-electron chi connectivity index (χ1n) is 4.66. The molecule has 0 unspecified atom stereocenters. The summed E-state index contributed by atoms with van der Waals surface area (Å²) in [7, 11) is 0. The first-order chi connectivity index (χ1) is 7.25. The summed E-state index contributed by atoms with van der Waals surface area (Å²) in [6.45, 7) is 0.771. The average molecular weight is 226 g/mol. The first-order valence-corrected chi connectivity index (χ1v) is 6.05. The number of nitrogens with zero attached hydrogens (tertiary/aromatic N) is 1. The van der Waals surface area contributed by atoms with Gasteiger partial charge in [0.1, 0.15) is 0 Å². The standard InChI is InChI=1S/C10H14N2O2S/c1-15-6-2-4-12-9-7-11-5-3-8(9)10(13)14/h3,5,7,12H,2,4,6H2,1H3,(H,13,14). The minimum Gasteiger partial charge on any atom is -0.478 e. The van der Waals surface area contributed by atoms with E-state index in [0.717, 1.165) is 18.7 Å². The molecule has 0 aromatic carbocycles. The summed E-state index contributed by atoms with van der Waals surface area (Å²) in [6, 6.07) is 1.50. The maximum absolute atomic E-state index is 10.8. The monoisotopic (exact) mass is 226 g/mol. The molecule has 1 rings (SSSR count). The Morgan fingerprint density at radius 3 is 3.13 bits per heavy atom. The van der Waals surface area contributed by atoms with E-state index in [4.69, 9.17) is 5.11 Å². The Labute approximate surface area is 93.1 Å². The summed E-state index contributed by atoms with van der Waals surface area (Å²) in [5.41, 5.74) is 0.861. The topological polar surface area (TPSA) is 62.2 Å². The zero-order chi connectivity index (χ0) is 11.1. The van der Waals surface area contributed by atoms with Gasteiger partial charge in [0.2, 0.25) is 0 Å². The molecule has 15 heavy (non-hydrogen) atoms. The molecule has 5 heteroatoms. The van der Waals surface area contributed by atoms with Gasteiger partial charge in [-0.3, -0.25) is 4.98 Å². The normalized spacial score (nSPS) is 9.93. The molecule has 0 bridgehead atoms. The molecule has 4 nitrogen and oxygen atoms in total. The Balaban J connectivity index is 2.56. The molecule has 0 radical (unpaired) electrons. The Bertz CT molecular complexity index is 331. The van der Waals surface area contributed by atoms with Crippen molar-refractivity contribution in [1.82, 2.24) is 4.98 Å². The van der Waals surface area contributed by atoms with Gasteiger partial charge in [0.05, 0.1) is 17.4 Å². The summed E-state index contributed by atoms with van der Waals surface area (Å²) < 4.78 is 0. The second kappa shape index (κ2) is 6.29. The lowest BCUT2D eigenvalue weighted by Crippen LogP contribution is -2.08. The van der Waals surface area contributed by atoms with Crippen LogP contribution in [0.4, 0.5) is 5.69 Å². The van der Waals surface area contributed by atoms with Crippen LogP contribution in [-0.2, 0) is 0 Å². The fourth-order valence-electron chi connectivity index (χ4n) is 1.16. The predicted octanol–water partition coefficient (Wildman–Crippen LogP) is 1.94. The van der Waals surface area contributed by atoms with Crippen LogP contribution in [0.1, 0.15) is 16.8 Å². The van der Waals surface area contributed by atoms with Crippen molar-refractivity contribution in [3.63, 3.8) is 0 Å². The van der Waals surface area contributed by atoms with Crippen molar-refractivity contribution < 1.29 is 9.90 Å². The van der Waals surface area contributed by atoms with Crippen LogP contribution in [0.3, 0.4) is 0 Å². The van der Waals surface area contributed by atoms with E-state index in [9.17, 15) is 4.79 Å². The van der Waals surface area contributed by atoms with Crippen LogP contribution >= 0.6 is 11.8 Å². The number of aromatic nitrogens is 1. The lowest BCUT2D eigenvalue weighted by atomic mass is 10.2. The van der Waals surface area contributed by atoms with Crippen LogP contribution in [0.2, 0.25) is 0 Å². The molecular weight excluding hydrogens is 212 g/mol. The fourth-order valence-corrected chi connectivity index (χ4v) is 1.59. The molecule has 0 fully saturated rings. The summed E-state index contributed by atoms with van der Waals surface area (Å²) in [4.78, 5) is 14.7. The van der Waals surface area contributed by atoms with E-state index in [2.05, 4.69) is 10.3 Å². The van der Waals surface area contributed by atoms with E-state index in [1.165, 1.54) is 12.3 Å². The van der Waals surface area contributed by atoms with E-state index in [1.807, 2.05) is 6.26 Å². The second-order valence-corrected chi connectivity index (χ2v) is 3.99. The van der Waals surface area contributed by atoms with Gasteiger partial charge in [0.15, 0.2) is 0 Å². The van der Waals surface area contributed by atoms with Gasteiger partial charge in [-0.15, -0.1) is 0 Å². The van der Waals surface area contributed by atoms with E-state index < -0.39 is 5.97 Å². The maximum atomic E-state index is 10.8. The Hall–Kier alpha value is -1.23. The quantitative estimate of drug-likeness (QED) is 0.726. The van der Waals surface area contributed by atoms with Crippen molar-refractivity contribution >= 4 is 23.4 Å². The van der Waals surface area contributed by atoms with Gasteiger partial charge in [-0.1, -0.05) is 0 Å². The van der Waals surface area contributed by atoms with Gasteiger partial charge in [-0.2, -0.15) is 11.8 Å². The lowest BCUT2D eigenvalue weighted by Gasteiger charge is -2.07. The molecule has 0 amide bonds. The number of nitrogens with one attached hydrogen (secondary N) is 1. The van der Waals surface area contributed by atoms with Gasteiger partial charge in [-0.05, 0) is 24.5 Å². The molecular formula is C10H14N2O2S. The van der Waals surface area contributed by atoms with Crippen LogP contribution in [-0.4, -0.2) is 34.6 Å². The number of rotatable bonds is 6. The highest BCUT2D eigenvalue weighted by Crippen LogP contribution is 2.13. The number of thioether (sulfide) groups is 1. The van der Waals surface area contributed by atoms with Gasteiger partial charge in [-0.25, -0.2) is 4.79 Å². The van der Waals surface area contributed by atoms with E-state index in [0.29, 0.717) is 5.69 Å².